The van der Waals surface area contributed by atoms with Crippen LogP contribution in [0.15, 0.2) is 82.8 Å². The first-order valence-corrected chi connectivity index (χ1v) is 12.5. The third kappa shape index (κ3) is 6.28. The molecule has 2 heterocycles. The summed E-state index contributed by atoms with van der Waals surface area (Å²) in [7, 11) is 0. The Morgan fingerprint density at radius 3 is 1.39 bits per heavy atom. The van der Waals surface area contributed by atoms with Crippen LogP contribution in [0.3, 0.4) is 0 Å². The quantitative estimate of drug-likeness (QED) is 0.292. The van der Waals surface area contributed by atoms with Crippen molar-refractivity contribution < 1.29 is 9.59 Å². The maximum Gasteiger partial charge on any atom is 0.323 e. The number of nitrogens with one attached hydrogen (secondary N) is 6. The van der Waals surface area contributed by atoms with E-state index in [0.717, 1.165) is 35.9 Å². The Hall–Kier alpha value is -4.86. The molecule has 38 heavy (non-hydrogen) atoms. The number of hydrogen-bond acceptors (Lipinski definition) is 6. The first-order chi connectivity index (χ1) is 18.4. The Morgan fingerprint density at radius 1 is 0.632 bits per heavy atom. The summed E-state index contributed by atoms with van der Waals surface area (Å²) in [4.78, 5) is 34.0. The number of rotatable bonds is 6. The van der Waals surface area contributed by atoms with Crippen molar-refractivity contribution in [3.8, 4) is 0 Å². The van der Waals surface area contributed by atoms with E-state index in [2.05, 4.69) is 55.7 Å². The molecule has 2 atom stereocenters. The van der Waals surface area contributed by atoms with Crippen molar-refractivity contribution in [2.75, 3.05) is 34.4 Å². The van der Waals surface area contributed by atoms with Crippen LogP contribution in [0, 0.1) is 0 Å². The topological polar surface area (TPSA) is 131 Å². The summed E-state index contributed by atoms with van der Waals surface area (Å²) in [5.74, 6) is 1.66. The van der Waals surface area contributed by atoms with E-state index in [4.69, 9.17) is 0 Å². The molecule has 0 radical (unpaired) electrons. The molecule has 0 saturated heterocycles. The highest BCUT2D eigenvalue weighted by molar-refractivity contribution is 6.05. The van der Waals surface area contributed by atoms with Crippen LogP contribution in [0.4, 0.5) is 32.3 Å². The average Bonchev–Trinajstić information content (AvgIpc) is 3.54. The van der Waals surface area contributed by atoms with Gasteiger partial charge >= 0.3 is 12.1 Å². The van der Waals surface area contributed by atoms with Gasteiger partial charge in [0.05, 0.1) is 13.1 Å². The van der Waals surface area contributed by atoms with Crippen molar-refractivity contribution in [2.24, 2.45) is 9.98 Å². The standard InChI is InChI=1S/C28H30N8O2/c1-17-15-29-25(31-17)19-5-3-7-23(13-19)35-27(37)33-21-9-11-22(12-10-21)34-28(38)36-24-8-4-6-20(14-24)26-30-16-18(2)32-26/h3-14,17-18H,15-16H2,1-2H3,(H,29,31)(H,30,32)(H2,33,35,37)(H2,34,36,38). The predicted octanol–water partition coefficient (Wildman–Crippen LogP) is 4.45. The third-order valence-electron chi connectivity index (χ3n) is 6.00. The number of hydrogen-bond donors (Lipinski definition) is 6. The van der Waals surface area contributed by atoms with Crippen LogP contribution in [-0.4, -0.2) is 48.9 Å². The van der Waals surface area contributed by atoms with Crippen molar-refractivity contribution in [3.63, 3.8) is 0 Å². The molecule has 4 amide bonds. The van der Waals surface area contributed by atoms with E-state index in [1.807, 2.05) is 48.5 Å². The van der Waals surface area contributed by atoms with Gasteiger partial charge in [-0.2, -0.15) is 0 Å². The Morgan fingerprint density at radius 2 is 1.03 bits per heavy atom. The molecule has 10 heteroatoms. The molecule has 0 aromatic heterocycles. The number of carbonyl (C=O) groups excluding carboxylic acids is 2. The summed E-state index contributed by atoms with van der Waals surface area (Å²) in [5, 5.41) is 17.9. The van der Waals surface area contributed by atoms with Gasteiger partial charge in [0.25, 0.3) is 0 Å². The lowest BCUT2D eigenvalue weighted by Crippen LogP contribution is -2.27. The Kier molecular flexibility index (Phi) is 7.21. The smallest absolute Gasteiger partial charge is 0.323 e. The monoisotopic (exact) mass is 510 g/mol. The van der Waals surface area contributed by atoms with Crippen molar-refractivity contribution in [1.29, 1.82) is 0 Å². The Labute approximate surface area is 221 Å². The van der Waals surface area contributed by atoms with Crippen LogP contribution in [0.5, 0.6) is 0 Å². The number of amidine groups is 2. The van der Waals surface area contributed by atoms with E-state index in [-0.39, 0.29) is 12.1 Å². The van der Waals surface area contributed by atoms with Gasteiger partial charge in [0.2, 0.25) is 0 Å². The second-order valence-corrected chi connectivity index (χ2v) is 9.37. The second-order valence-electron chi connectivity index (χ2n) is 9.37. The molecule has 2 aliphatic rings. The van der Waals surface area contributed by atoms with Crippen molar-refractivity contribution in [2.45, 2.75) is 25.9 Å². The summed E-state index contributed by atoms with van der Waals surface area (Å²) < 4.78 is 0. The number of carbonyl (C=O) groups is 2. The van der Waals surface area contributed by atoms with E-state index in [0.29, 0.717) is 34.8 Å². The first-order valence-electron chi connectivity index (χ1n) is 12.5. The third-order valence-corrected chi connectivity index (χ3v) is 6.00. The lowest BCUT2D eigenvalue weighted by molar-refractivity contribution is 0.261. The van der Waals surface area contributed by atoms with Gasteiger partial charge in [-0.3, -0.25) is 9.98 Å². The fourth-order valence-corrected chi connectivity index (χ4v) is 4.17. The number of amides is 4. The molecular weight excluding hydrogens is 480 g/mol. The van der Waals surface area contributed by atoms with Crippen LogP contribution < -0.4 is 31.9 Å². The average molecular weight is 511 g/mol. The maximum absolute atomic E-state index is 12.5. The van der Waals surface area contributed by atoms with Gasteiger partial charge in [0, 0.05) is 46.0 Å². The van der Waals surface area contributed by atoms with Crippen molar-refractivity contribution >= 4 is 46.5 Å². The molecule has 2 unspecified atom stereocenters. The highest BCUT2D eigenvalue weighted by Gasteiger charge is 2.16. The second kappa shape index (κ2) is 11.0. The molecule has 5 rings (SSSR count). The number of nitrogens with zero attached hydrogens (tertiary/aromatic N) is 2. The Bertz CT molecular complexity index is 1290. The van der Waals surface area contributed by atoms with Gasteiger partial charge in [-0.25, -0.2) is 9.59 Å². The van der Waals surface area contributed by atoms with Crippen LogP contribution in [0.25, 0.3) is 0 Å². The van der Waals surface area contributed by atoms with Gasteiger partial charge in [-0.05, 0) is 62.4 Å². The molecule has 0 bridgehead atoms. The van der Waals surface area contributed by atoms with Gasteiger partial charge < -0.3 is 31.9 Å². The van der Waals surface area contributed by atoms with Crippen molar-refractivity contribution in [3.05, 3.63) is 83.9 Å². The van der Waals surface area contributed by atoms with Crippen molar-refractivity contribution in [1.82, 2.24) is 10.6 Å². The summed E-state index contributed by atoms with van der Waals surface area (Å²) in [6.45, 7) is 5.62. The van der Waals surface area contributed by atoms with E-state index in [9.17, 15) is 9.59 Å². The maximum atomic E-state index is 12.5. The number of aliphatic imine (C=N–C) groups is 2. The molecule has 0 fully saturated rings. The van der Waals surface area contributed by atoms with Crippen LogP contribution in [0.2, 0.25) is 0 Å². The van der Waals surface area contributed by atoms with E-state index < -0.39 is 0 Å². The fourth-order valence-electron chi connectivity index (χ4n) is 4.17. The summed E-state index contributed by atoms with van der Waals surface area (Å²) in [6, 6.07) is 21.8. The van der Waals surface area contributed by atoms with Crippen LogP contribution in [-0.2, 0) is 0 Å². The SMILES string of the molecule is CC1CN=C(c2cccc(NC(=O)Nc3ccc(NC(=O)Nc4cccc(C5=NCC(C)N5)c4)cc3)c2)N1. The lowest BCUT2D eigenvalue weighted by Gasteiger charge is -2.12. The number of urea groups is 2. The zero-order valence-corrected chi connectivity index (χ0v) is 21.2. The van der Waals surface area contributed by atoms with Crippen LogP contribution >= 0.6 is 0 Å². The predicted molar refractivity (Wildman–Crippen MR) is 153 cm³/mol. The highest BCUT2D eigenvalue weighted by atomic mass is 16.2. The molecular formula is C28H30N8O2. The molecule has 0 saturated carbocycles. The first kappa shape index (κ1) is 24.8. The van der Waals surface area contributed by atoms with Gasteiger partial charge in [-0.1, -0.05) is 24.3 Å². The summed E-state index contributed by atoms with van der Waals surface area (Å²) in [6.07, 6.45) is 0. The normalized spacial score (nSPS) is 17.9. The summed E-state index contributed by atoms with van der Waals surface area (Å²) in [5.41, 5.74) is 4.35. The van der Waals surface area contributed by atoms with E-state index >= 15 is 0 Å². The fraction of sp³-hybridized carbons (Fsp3) is 0.214. The molecule has 3 aromatic rings. The Balaban J connectivity index is 1.12. The molecule has 2 aliphatic heterocycles. The molecule has 3 aromatic carbocycles. The molecule has 0 spiro atoms. The van der Waals surface area contributed by atoms with E-state index in [1.54, 1.807) is 24.3 Å². The van der Waals surface area contributed by atoms with Gasteiger partial charge in [0.1, 0.15) is 11.7 Å². The lowest BCUT2D eigenvalue weighted by atomic mass is 10.2. The van der Waals surface area contributed by atoms with Crippen LogP contribution in [0.1, 0.15) is 25.0 Å². The van der Waals surface area contributed by atoms with E-state index in [1.165, 1.54) is 0 Å². The molecule has 10 nitrogen and oxygen atoms in total. The largest absolute Gasteiger partial charge is 0.366 e. The number of anilines is 4. The zero-order valence-electron chi connectivity index (χ0n) is 21.2. The minimum atomic E-state index is -0.370. The van der Waals surface area contributed by atoms with Gasteiger partial charge in [-0.15, -0.1) is 0 Å². The van der Waals surface area contributed by atoms with Gasteiger partial charge in [0.15, 0.2) is 0 Å². The highest BCUT2D eigenvalue weighted by Crippen LogP contribution is 2.18. The minimum absolute atomic E-state index is 0.304. The molecule has 194 valence electrons. The summed E-state index contributed by atoms with van der Waals surface area (Å²) >= 11 is 0. The number of benzene rings is 3. The molecule has 6 N–H and O–H groups in total. The zero-order chi connectivity index (χ0) is 26.5. The minimum Gasteiger partial charge on any atom is -0.366 e. The molecule has 0 aliphatic carbocycles.